The number of hydrogen-bond donors (Lipinski definition) is 1. The van der Waals surface area contributed by atoms with Crippen LogP contribution >= 0.6 is 0 Å². The first-order valence-electron chi connectivity index (χ1n) is 7.42. The van der Waals surface area contributed by atoms with Crippen molar-refractivity contribution < 1.29 is 28.7 Å². The van der Waals surface area contributed by atoms with E-state index >= 15 is 0 Å². The molecular weight excluding hydrogens is 316 g/mol. The maximum atomic E-state index is 11.7. The third kappa shape index (κ3) is 4.55. The van der Waals surface area contributed by atoms with Gasteiger partial charge in [0.1, 0.15) is 6.61 Å². The second kappa shape index (κ2) is 8.09. The molecule has 0 saturated carbocycles. The minimum absolute atomic E-state index is 0.00481. The van der Waals surface area contributed by atoms with Crippen LogP contribution in [0.4, 0.5) is 4.79 Å². The van der Waals surface area contributed by atoms with E-state index in [1.165, 1.54) is 7.11 Å². The van der Waals surface area contributed by atoms with Gasteiger partial charge in [0, 0.05) is 13.0 Å². The number of benzene rings is 1. The molecule has 8 heteroatoms. The number of nitrogens with zero attached hydrogens (tertiary/aromatic N) is 1. The minimum atomic E-state index is -0.431. The zero-order valence-corrected chi connectivity index (χ0v) is 13.2. The lowest BCUT2D eigenvalue weighted by Crippen LogP contribution is -2.32. The summed E-state index contributed by atoms with van der Waals surface area (Å²) in [5, 5.41) is 2.41. The van der Waals surface area contributed by atoms with Crippen molar-refractivity contribution in [2.24, 2.45) is 0 Å². The molecule has 1 aliphatic rings. The Labute approximate surface area is 138 Å². The van der Waals surface area contributed by atoms with Gasteiger partial charge in [0.05, 0.1) is 19.2 Å². The van der Waals surface area contributed by atoms with E-state index < -0.39 is 18.0 Å². The Morgan fingerprint density at radius 3 is 2.50 bits per heavy atom. The van der Waals surface area contributed by atoms with Crippen molar-refractivity contribution in [1.29, 1.82) is 0 Å². The molecule has 3 amide bonds. The second-order valence-electron chi connectivity index (χ2n) is 5.16. The molecule has 0 spiro atoms. The fraction of sp³-hybridized carbons (Fsp3) is 0.375. The van der Waals surface area contributed by atoms with E-state index in [9.17, 15) is 19.2 Å². The lowest BCUT2D eigenvalue weighted by Gasteiger charge is -2.11. The van der Waals surface area contributed by atoms with E-state index in [0.29, 0.717) is 12.0 Å². The van der Waals surface area contributed by atoms with Crippen LogP contribution in [-0.4, -0.2) is 49.0 Å². The summed E-state index contributed by atoms with van der Waals surface area (Å²) in [4.78, 5) is 46.7. The van der Waals surface area contributed by atoms with Crippen LogP contribution in [0.2, 0.25) is 0 Å². The second-order valence-corrected chi connectivity index (χ2v) is 5.16. The van der Waals surface area contributed by atoms with Crippen molar-refractivity contribution in [3.05, 3.63) is 35.4 Å². The number of imide groups is 1. The zero-order valence-electron chi connectivity index (χ0n) is 13.2. The summed E-state index contributed by atoms with van der Waals surface area (Å²) in [6, 6.07) is 6.10. The monoisotopic (exact) mass is 334 g/mol. The molecule has 1 aliphatic heterocycles. The molecule has 1 aromatic rings. The topological polar surface area (TPSA) is 102 Å². The molecule has 128 valence electrons. The number of carbonyl (C=O) groups is 4. The largest absolute Gasteiger partial charge is 0.465 e. The average molecular weight is 334 g/mol. The molecular formula is C16H18N2O6. The van der Waals surface area contributed by atoms with E-state index in [1.807, 2.05) is 0 Å². The molecule has 1 saturated heterocycles. The quantitative estimate of drug-likeness (QED) is 0.586. The number of urea groups is 1. The normalized spacial score (nSPS) is 13.6. The molecule has 2 rings (SSSR count). The number of esters is 2. The fourth-order valence-electron chi connectivity index (χ4n) is 2.15. The predicted octanol–water partition coefficient (Wildman–Crippen LogP) is 0.848. The number of carbonyl (C=O) groups excluding carboxylic acids is 4. The first-order valence-corrected chi connectivity index (χ1v) is 7.42. The van der Waals surface area contributed by atoms with Gasteiger partial charge in [0.15, 0.2) is 0 Å². The van der Waals surface area contributed by atoms with Gasteiger partial charge in [0.25, 0.3) is 0 Å². The maximum Gasteiger partial charge on any atom is 0.337 e. The molecule has 24 heavy (non-hydrogen) atoms. The fourth-order valence-corrected chi connectivity index (χ4v) is 2.15. The Kier molecular flexibility index (Phi) is 5.89. The predicted molar refractivity (Wildman–Crippen MR) is 81.9 cm³/mol. The molecule has 1 N–H and O–H groups in total. The van der Waals surface area contributed by atoms with Gasteiger partial charge in [-0.2, -0.15) is 0 Å². The minimum Gasteiger partial charge on any atom is -0.465 e. The summed E-state index contributed by atoms with van der Waals surface area (Å²) < 4.78 is 9.71. The van der Waals surface area contributed by atoms with Crippen molar-refractivity contribution in [2.45, 2.75) is 19.4 Å². The van der Waals surface area contributed by atoms with E-state index in [4.69, 9.17) is 4.74 Å². The standard InChI is InChI=1S/C16H18N2O6/c1-23-15(21)12-6-4-11(5-7-12)10-24-14(20)3-2-8-18-13(19)9-17-16(18)22/h4-7H,2-3,8-10H2,1H3,(H,17,22). The highest BCUT2D eigenvalue weighted by Crippen LogP contribution is 2.08. The first-order chi connectivity index (χ1) is 11.5. The van der Waals surface area contributed by atoms with Crippen molar-refractivity contribution in [3.8, 4) is 0 Å². The molecule has 1 aromatic carbocycles. The molecule has 1 heterocycles. The third-order valence-electron chi connectivity index (χ3n) is 3.47. The SMILES string of the molecule is COC(=O)c1ccc(COC(=O)CCCN2C(=O)CNC2=O)cc1. The van der Waals surface area contributed by atoms with E-state index in [2.05, 4.69) is 10.1 Å². The van der Waals surface area contributed by atoms with E-state index in [1.54, 1.807) is 24.3 Å². The number of ether oxygens (including phenoxy) is 2. The molecule has 8 nitrogen and oxygen atoms in total. The first kappa shape index (κ1) is 17.5. The maximum absolute atomic E-state index is 11.7. The van der Waals surface area contributed by atoms with E-state index in [-0.39, 0.29) is 32.0 Å². The highest BCUT2D eigenvalue weighted by Gasteiger charge is 2.27. The Morgan fingerprint density at radius 1 is 1.21 bits per heavy atom. The van der Waals surface area contributed by atoms with Crippen LogP contribution in [0.25, 0.3) is 0 Å². The summed E-state index contributed by atoms with van der Waals surface area (Å²) in [6.07, 6.45) is 0.455. The van der Waals surface area contributed by atoms with Gasteiger partial charge >= 0.3 is 18.0 Å². The highest BCUT2D eigenvalue weighted by atomic mass is 16.5. The van der Waals surface area contributed by atoms with Crippen LogP contribution in [0.5, 0.6) is 0 Å². The molecule has 0 bridgehead atoms. The molecule has 0 unspecified atom stereocenters. The molecule has 0 radical (unpaired) electrons. The van der Waals surface area contributed by atoms with Crippen LogP contribution in [0, 0.1) is 0 Å². The van der Waals surface area contributed by atoms with Crippen LogP contribution in [0.3, 0.4) is 0 Å². The Balaban J connectivity index is 1.70. The van der Waals surface area contributed by atoms with E-state index in [0.717, 1.165) is 10.5 Å². The van der Waals surface area contributed by atoms with Gasteiger partial charge in [-0.05, 0) is 24.1 Å². The summed E-state index contributed by atoms with van der Waals surface area (Å²) in [6.45, 7) is 0.280. The van der Waals surface area contributed by atoms with Crippen LogP contribution < -0.4 is 5.32 Å². The van der Waals surface area contributed by atoms with Gasteiger partial charge in [-0.25, -0.2) is 9.59 Å². The van der Waals surface area contributed by atoms with Crippen molar-refractivity contribution >= 4 is 23.9 Å². The van der Waals surface area contributed by atoms with Gasteiger partial charge in [0.2, 0.25) is 5.91 Å². The van der Waals surface area contributed by atoms with Gasteiger partial charge < -0.3 is 14.8 Å². The van der Waals surface area contributed by atoms with Gasteiger partial charge in [-0.15, -0.1) is 0 Å². The number of amides is 3. The van der Waals surface area contributed by atoms with Gasteiger partial charge in [-0.1, -0.05) is 12.1 Å². The van der Waals surface area contributed by atoms with Crippen LogP contribution in [0.15, 0.2) is 24.3 Å². The summed E-state index contributed by atoms with van der Waals surface area (Å²) in [7, 11) is 1.30. The lowest BCUT2D eigenvalue weighted by atomic mass is 10.1. The average Bonchev–Trinajstić information content (AvgIpc) is 2.91. The van der Waals surface area contributed by atoms with Crippen molar-refractivity contribution in [3.63, 3.8) is 0 Å². The van der Waals surface area contributed by atoms with Crippen LogP contribution in [0.1, 0.15) is 28.8 Å². The van der Waals surface area contributed by atoms with Crippen molar-refractivity contribution in [1.82, 2.24) is 10.2 Å². The zero-order chi connectivity index (χ0) is 17.5. The number of nitrogens with one attached hydrogen (secondary N) is 1. The smallest absolute Gasteiger partial charge is 0.337 e. The number of rotatable bonds is 7. The Hall–Kier alpha value is -2.90. The Bertz CT molecular complexity index is 624. The summed E-state index contributed by atoms with van der Waals surface area (Å²) >= 11 is 0. The molecule has 1 fully saturated rings. The van der Waals surface area contributed by atoms with Crippen molar-refractivity contribution in [2.75, 3.05) is 20.2 Å². The third-order valence-corrected chi connectivity index (χ3v) is 3.47. The summed E-state index contributed by atoms with van der Waals surface area (Å²) in [5.74, 6) is -1.14. The number of methoxy groups -OCH3 is 1. The molecule has 0 aliphatic carbocycles. The van der Waals surface area contributed by atoms with Crippen LogP contribution in [-0.2, 0) is 25.7 Å². The lowest BCUT2D eigenvalue weighted by molar-refractivity contribution is -0.145. The highest BCUT2D eigenvalue weighted by molar-refractivity contribution is 6.01. The molecule has 0 aromatic heterocycles. The van der Waals surface area contributed by atoms with Gasteiger partial charge in [-0.3, -0.25) is 14.5 Å². The molecule has 0 atom stereocenters. The Morgan fingerprint density at radius 2 is 1.92 bits per heavy atom. The number of hydrogen-bond acceptors (Lipinski definition) is 6. The summed E-state index contributed by atoms with van der Waals surface area (Å²) in [5.41, 5.74) is 1.16.